The second-order valence-corrected chi connectivity index (χ2v) is 30.8. The van der Waals surface area contributed by atoms with Gasteiger partial charge in [0.2, 0.25) is 65.0 Å². The molecule has 0 saturated carbocycles. The molecule has 27 nitrogen and oxygen atoms in total. The maximum Gasteiger partial charge on any atom is 0.246 e. The van der Waals surface area contributed by atoms with E-state index in [1.165, 1.54) is 94.6 Å². The summed E-state index contributed by atoms with van der Waals surface area (Å²) in [5, 5.41) is 34.0. The molecular formula is C72H132N12O15. The number of carbonyl (C=O) groups excluding carboxylic acids is 11. The number of aliphatic hydroxyl groups is 2. The number of likely N-dealkylation sites (N-methyl/N-ethyl adjacent to an activating group) is 7. The van der Waals surface area contributed by atoms with E-state index in [2.05, 4.69) is 26.2 Å². The number of nitrogens with zero attached hydrogens (tertiary/aromatic N) is 8. The highest BCUT2D eigenvalue weighted by Crippen LogP contribution is 2.27. The van der Waals surface area contributed by atoms with Gasteiger partial charge < -0.3 is 75.3 Å². The van der Waals surface area contributed by atoms with Crippen molar-refractivity contribution in [2.45, 2.75) is 273 Å². The van der Waals surface area contributed by atoms with Gasteiger partial charge in [-0.15, -0.1) is 0 Å². The Morgan fingerprint density at radius 3 is 1.47 bits per heavy atom. The average molecular weight is 1410 g/mol. The molecule has 2 aliphatic heterocycles. The van der Waals surface area contributed by atoms with E-state index in [-0.39, 0.29) is 50.0 Å². The molecule has 27 heteroatoms. The maximum absolute atomic E-state index is 15.4. The quantitative estimate of drug-likeness (QED) is 0.0798. The molecule has 2 fully saturated rings. The van der Waals surface area contributed by atoms with Crippen molar-refractivity contribution in [2.24, 2.45) is 35.5 Å². The minimum absolute atomic E-state index is 0.0246. The second kappa shape index (κ2) is 41.2. The molecule has 2 rings (SSSR count). The second-order valence-electron chi connectivity index (χ2n) is 30.8. The number of aliphatic hydroxyl groups excluding tert-OH is 1. The number of hydrogen-bond donors (Lipinski definition) is 6. The summed E-state index contributed by atoms with van der Waals surface area (Å²) in [6, 6.07) is -14.3. The van der Waals surface area contributed by atoms with Crippen molar-refractivity contribution in [2.75, 3.05) is 88.8 Å². The van der Waals surface area contributed by atoms with Crippen LogP contribution in [0.5, 0.6) is 0 Å². The van der Waals surface area contributed by atoms with E-state index in [0.29, 0.717) is 45.3 Å². The van der Waals surface area contributed by atoms with Crippen molar-refractivity contribution >= 4 is 65.0 Å². The molecule has 0 spiro atoms. The number of nitrogens with one attached hydrogen (secondary N) is 4. The Bertz CT molecular complexity index is 2650. The highest BCUT2D eigenvalue weighted by atomic mass is 16.5. The normalized spacial score (nSPS) is 27.1. The number of ether oxygens (including phenoxy) is 2. The predicted molar refractivity (Wildman–Crippen MR) is 381 cm³/mol. The Labute approximate surface area is 593 Å². The third-order valence-electron chi connectivity index (χ3n) is 19.5. The van der Waals surface area contributed by atoms with Crippen molar-refractivity contribution < 1.29 is 72.4 Å². The Balaban J connectivity index is 3.03. The van der Waals surface area contributed by atoms with Crippen LogP contribution < -0.4 is 21.3 Å². The molecule has 2 heterocycles. The van der Waals surface area contributed by atoms with Gasteiger partial charge in [0.05, 0.1) is 31.0 Å². The zero-order valence-corrected chi connectivity index (χ0v) is 65.1. The minimum atomic E-state index is -1.67. The summed E-state index contributed by atoms with van der Waals surface area (Å²) in [5.41, 5.74) is -0.954. The Morgan fingerprint density at radius 1 is 0.495 bits per heavy atom. The first-order valence-electron chi connectivity index (χ1n) is 36.3. The number of hydrogen-bond acceptors (Lipinski definition) is 16. The summed E-state index contributed by atoms with van der Waals surface area (Å²) in [6.45, 7) is 34.7. The van der Waals surface area contributed by atoms with E-state index >= 15 is 28.8 Å². The lowest BCUT2D eigenvalue weighted by Crippen LogP contribution is -2.64. The molecule has 0 aliphatic carbocycles. The van der Waals surface area contributed by atoms with Crippen molar-refractivity contribution in [3.8, 4) is 0 Å². The smallest absolute Gasteiger partial charge is 0.246 e. The molecule has 2 saturated heterocycles. The largest absolute Gasteiger partial charge is 0.390 e. The van der Waals surface area contributed by atoms with Gasteiger partial charge in [-0.1, -0.05) is 95.9 Å². The molecule has 0 bridgehead atoms. The monoisotopic (exact) mass is 1400 g/mol. The molecule has 6 N–H and O–H groups in total. The zero-order chi connectivity index (χ0) is 76.0. The minimum Gasteiger partial charge on any atom is -0.390 e. The number of carbonyl (C=O) groups is 11. The van der Waals surface area contributed by atoms with Crippen LogP contribution in [0.2, 0.25) is 0 Å². The number of morpholine rings is 1. The average Bonchev–Trinajstić information content (AvgIpc) is 0.808. The van der Waals surface area contributed by atoms with Crippen molar-refractivity contribution in [1.82, 2.24) is 60.5 Å². The Hall–Kier alpha value is -6.03. The molecular weight excluding hydrogens is 1270 g/mol. The van der Waals surface area contributed by atoms with Crippen LogP contribution >= 0.6 is 0 Å². The van der Waals surface area contributed by atoms with Gasteiger partial charge in [-0.2, -0.15) is 0 Å². The fourth-order valence-electron chi connectivity index (χ4n) is 13.0. The van der Waals surface area contributed by atoms with Gasteiger partial charge in [-0.3, -0.25) is 57.6 Å². The van der Waals surface area contributed by atoms with E-state index < -0.39 is 167 Å². The maximum atomic E-state index is 15.4. The summed E-state index contributed by atoms with van der Waals surface area (Å²) in [6.07, 6.45) is 1.13. The summed E-state index contributed by atoms with van der Waals surface area (Å²) >= 11 is 0. The fourth-order valence-corrected chi connectivity index (χ4v) is 13.0. The van der Waals surface area contributed by atoms with Crippen LogP contribution in [0.1, 0.15) is 189 Å². The van der Waals surface area contributed by atoms with Crippen molar-refractivity contribution in [1.29, 1.82) is 0 Å². The summed E-state index contributed by atoms with van der Waals surface area (Å²) in [5.74, 6) is -10.2. The van der Waals surface area contributed by atoms with Crippen LogP contribution in [0, 0.1) is 35.5 Å². The van der Waals surface area contributed by atoms with Crippen LogP contribution in [-0.4, -0.2) is 287 Å². The first-order valence-corrected chi connectivity index (χ1v) is 36.3. The van der Waals surface area contributed by atoms with Gasteiger partial charge in [0, 0.05) is 69.0 Å². The molecule has 0 radical (unpaired) electrons. The molecule has 2 aliphatic rings. The van der Waals surface area contributed by atoms with Crippen molar-refractivity contribution in [3.05, 3.63) is 0 Å². The fraction of sp³-hybridized carbons (Fsp3) is 0.847. The van der Waals surface area contributed by atoms with Gasteiger partial charge in [-0.25, -0.2) is 0 Å². The number of amides is 11. The summed E-state index contributed by atoms with van der Waals surface area (Å²) in [4.78, 5) is 175. The van der Waals surface area contributed by atoms with Gasteiger partial charge in [0.15, 0.2) is 0 Å². The number of unbranched alkanes of at least 4 members (excludes halogenated alkanes) is 2. The Kier molecular flexibility index (Phi) is 37.0. The molecule has 11 amide bonds. The van der Waals surface area contributed by atoms with E-state index in [1.807, 2.05) is 41.5 Å². The van der Waals surface area contributed by atoms with E-state index in [9.17, 15) is 34.2 Å². The van der Waals surface area contributed by atoms with Gasteiger partial charge in [0.25, 0.3) is 0 Å². The summed E-state index contributed by atoms with van der Waals surface area (Å²) in [7, 11) is 9.88. The van der Waals surface area contributed by atoms with Crippen LogP contribution in [-0.2, 0) is 62.2 Å². The highest BCUT2D eigenvalue weighted by Gasteiger charge is 2.47. The van der Waals surface area contributed by atoms with Gasteiger partial charge in [0.1, 0.15) is 66.5 Å². The van der Waals surface area contributed by atoms with Crippen LogP contribution in [0.25, 0.3) is 0 Å². The molecule has 14 atom stereocenters. The first-order chi connectivity index (χ1) is 45.9. The van der Waals surface area contributed by atoms with E-state index in [1.54, 1.807) is 62.3 Å². The lowest BCUT2D eigenvalue weighted by Gasteiger charge is -2.41. The lowest BCUT2D eigenvalue weighted by atomic mass is 9.89. The molecule has 570 valence electrons. The topological polar surface area (TPSA) is 321 Å². The lowest BCUT2D eigenvalue weighted by molar-refractivity contribution is -0.157. The first kappa shape index (κ1) is 89.1. The molecule has 0 unspecified atom stereocenters. The predicted octanol–water partition coefficient (Wildman–Crippen LogP) is 3.49. The van der Waals surface area contributed by atoms with Crippen LogP contribution in [0.15, 0.2) is 0 Å². The van der Waals surface area contributed by atoms with Gasteiger partial charge in [-0.05, 0) is 135 Å². The van der Waals surface area contributed by atoms with Crippen molar-refractivity contribution in [3.63, 3.8) is 0 Å². The SMILES string of the molecule is CC[C@@H]1NC(=O)[C@H]([C@H](O)[C@H](C)CCCCC(C)(C)O)N(C)C(=O)[C@H](C(C)C)N(C)C(=O)[C@H](CC(C)C)N(C)C(=O)[C@H](CC(C)C)N(C)C(=O)[C@@H](C)NC(=O)[C@H](C)NC(=O)[C@H](CC(C)C)N(C)C(=O)[C@H](C(C)C)NC(=O)[C@H]([C@@H](C)OCCCCN2CCOCC2)N(C)C(=O)[C@@H](C)N(C)C1=O. The van der Waals surface area contributed by atoms with Crippen LogP contribution in [0.4, 0.5) is 0 Å². The number of rotatable bonds is 23. The van der Waals surface area contributed by atoms with E-state index in [0.717, 1.165) is 35.9 Å². The Morgan fingerprint density at radius 2 is 0.970 bits per heavy atom. The molecule has 0 aromatic heterocycles. The standard InChI is InChI=1S/C72H132N12O15/c1-26-52-67(92)77(19)50(15)66(91)82(24)58(51(16)99-36-30-29-33-84-34-37-98-38-35-84)63(88)76-56(45(8)9)70(95)78(20)53(39-42(2)3)62(87)73-48(13)61(86)74-49(14)65(90)79(21)54(40-43(4)5)68(93)80(22)55(41-44(6)7)69(94)81(23)57(46(10)11)71(96)83(25)59(64(89)75-52)60(85)47(12)31-27-28-32-72(17,18)97/h42-60,85,97H,26-41H2,1-25H3,(H,73,87)(H,74,86)(H,75,89)(H,76,88)/t47-,48+,49-,50-,51-,52+,53+,54+,55+,56+,57+,58+,59+,60-/m1/s1. The molecule has 99 heavy (non-hydrogen) atoms. The third-order valence-corrected chi connectivity index (χ3v) is 19.5. The molecule has 0 aromatic rings. The van der Waals surface area contributed by atoms with Crippen LogP contribution in [0.3, 0.4) is 0 Å². The molecule has 0 aromatic carbocycles. The highest BCUT2D eigenvalue weighted by molar-refractivity contribution is 6.00. The van der Waals surface area contributed by atoms with E-state index in [4.69, 9.17) is 9.47 Å². The van der Waals surface area contributed by atoms with Gasteiger partial charge >= 0.3 is 0 Å². The summed E-state index contributed by atoms with van der Waals surface area (Å²) < 4.78 is 11.9. The zero-order valence-electron chi connectivity index (χ0n) is 65.1. The third kappa shape index (κ3) is 26.4.